The van der Waals surface area contributed by atoms with Gasteiger partial charge in [-0.25, -0.2) is 0 Å². The Bertz CT molecular complexity index is 164. The Morgan fingerprint density at radius 3 is 1.45 bits per heavy atom. The average molecular weight is 236 g/mol. The molecule has 0 heterocycles. The summed E-state index contributed by atoms with van der Waals surface area (Å²) in [6, 6.07) is 0. The minimum Gasteiger partial charge on any atom is -0.773 e. The molecule has 0 radical (unpaired) electrons. The molecular formula is C2H6Na2O4S3. The Labute approximate surface area is 118 Å². The molecule has 0 N–H and O–H groups in total. The van der Waals surface area contributed by atoms with Crippen LogP contribution in [0.1, 0.15) is 0 Å². The molecule has 0 aromatic heterocycles. The van der Waals surface area contributed by atoms with Gasteiger partial charge in [-0.15, -0.1) is 0 Å². The summed E-state index contributed by atoms with van der Waals surface area (Å²) >= 11 is 1.94. The maximum Gasteiger partial charge on any atom is 1.00 e. The minimum atomic E-state index is -3.08. The van der Waals surface area contributed by atoms with E-state index in [2.05, 4.69) is 11.2 Å². The fourth-order valence-corrected chi connectivity index (χ4v) is 0. The Hall–Kier alpha value is 2.44. The monoisotopic (exact) mass is 236 g/mol. The van der Waals surface area contributed by atoms with E-state index in [-0.39, 0.29) is 59.1 Å². The molecule has 0 spiro atoms. The zero-order valence-corrected chi connectivity index (χ0v) is 13.3. The van der Waals surface area contributed by atoms with Crippen LogP contribution in [0.4, 0.5) is 0 Å². The van der Waals surface area contributed by atoms with Gasteiger partial charge in [-0.05, 0) is 26.2 Å². The Kier molecular flexibility index (Phi) is 26.4. The number of rotatable bonds is 0. The van der Waals surface area contributed by atoms with E-state index in [9.17, 15) is 8.76 Å². The molecule has 0 fully saturated rings. The Morgan fingerprint density at radius 2 is 1.45 bits per heavy atom. The summed E-state index contributed by atoms with van der Waals surface area (Å²) in [5.41, 5.74) is 0. The molecule has 4 nitrogen and oxygen atoms in total. The van der Waals surface area contributed by atoms with Gasteiger partial charge in [-0.3, -0.25) is 8.42 Å². The second-order valence-corrected chi connectivity index (χ2v) is 5.13. The Morgan fingerprint density at radius 1 is 1.45 bits per heavy atom. The first kappa shape index (κ1) is 23.3. The second kappa shape index (κ2) is 12.4. The third kappa shape index (κ3) is 228. The van der Waals surface area contributed by atoms with Crippen molar-refractivity contribution in [2.24, 2.45) is 0 Å². The molecule has 0 rings (SSSR count). The molecular weight excluding hydrogens is 230 g/mol. The van der Waals surface area contributed by atoms with E-state index in [0.717, 1.165) is 12.5 Å². The SMILES string of the molecule is CS(=O)([O-])=S.CS(=O)[O-].[Na+].[Na+]. The van der Waals surface area contributed by atoms with Gasteiger partial charge in [0.1, 0.15) is 0 Å². The van der Waals surface area contributed by atoms with Crippen molar-refractivity contribution >= 4 is 31.0 Å². The van der Waals surface area contributed by atoms with Crippen molar-refractivity contribution in [1.29, 1.82) is 0 Å². The molecule has 2 atom stereocenters. The third-order valence-corrected chi connectivity index (χ3v) is 0. The van der Waals surface area contributed by atoms with E-state index in [1.165, 1.54) is 0 Å². The van der Waals surface area contributed by atoms with Crippen LogP contribution >= 0.6 is 0 Å². The van der Waals surface area contributed by atoms with E-state index in [1.807, 2.05) is 0 Å². The summed E-state index contributed by atoms with van der Waals surface area (Å²) < 4.78 is 36.9. The first-order chi connectivity index (χ1) is 3.73. The molecule has 58 valence electrons. The molecule has 11 heavy (non-hydrogen) atoms. The van der Waals surface area contributed by atoms with Gasteiger partial charge in [0.05, 0.1) is 0 Å². The van der Waals surface area contributed by atoms with Crippen LogP contribution in [0.15, 0.2) is 0 Å². The maximum absolute atomic E-state index is 9.45. The molecule has 2 unspecified atom stereocenters. The predicted molar refractivity (Wildman–Crippen MR) is 37.1 cm³/mol. The van der Waals surface area contributed by atoms with Crippen molar-refractivity contribution in [3.8, 4) is 0 Å². The van der Waals surface area contributed by atoms with Crippen molar-refractivity contribution in [2.75, 3.05) is 12.5 Å². The van der Waals surface area contributed by atoms with Crippen LogP contribution in [0, 0.1) is 0 Å². The summed E-state index contributed by atoms with van der Waals surface area (Å²) in [7, 11) is -3.08. The summed E-state index contributed by atoms with van der Waals surface area (Å²) in [6.45, 7) is 0. The molecule has 0 saturated carbocycles. The quantitative estimate of drug-likeness (QED) is 0.308. The van der Waals surface area contributed by atoms with Crippen molar-refractivity contribution in [3.63, 3.8) is 0 Å². The van der Waals surface area contributed by atoms with Gasteiger partial charge in [-0.2, -0.15) is 0 Å². The van der Waals surface area contributed by atoms with Crippen molar-refractivity contribution < 1.29 is 76.6 Å². The number of hydrogen-bond donors (Lipinski definition) is 0. The fourth-order valence-electron chi connectivity index (χ4n) is 0. The molecule has 0 aromatic carbocycles. The zero-order valence-electron chi connectivity index (χ0n) is 6.86. The number of hydrogen-bond acceptors (Lipinski definition) is 5. The largest absolute Gasteiger partial charge is 1.00 e. The van der Waals surface area contributed by atoms with Crippen LogP contribution in [-0.4, -0.2) is 30.0 Å². The molecule has 9 heteroatoms. The van der Waals surface area contributed by atoms with Crippen LogP contribution in [0.2, 0.25) is 0 Å². The van der Waals surface area contributed by atoms with Gasteiger partial charge in [0.15, 0.2) is 0 Å². The predicted octanol–water partition coefficient (Wildman–Crippen LogP) is -7.00. The van der Waals surface area contributed by atoms with E-state index < -0.39 is 19.9 Å². The van der Waals surface area contributed by atoms with Crippen LogP contribution in [0.25, 0.3) is 0 Å². The average Bonchev–Trinajstić information content (AvgIpc) is 1.19. The molecule has 0 saturated heterocycles. The van der Waals surface area contributed by atoms with Gasteiger partial charge < -0.3 is 9.11 Å². The molecule has 0 amide bonds. The molecule has 0 aliphatic heterocycles. The first-order valence-corrected chi connectivity index (χ1v) is 5.95. The standard InChI is InChI=1S/CH4O2S2.CH4O2S.2Na/c1-5(2,3)4;1-4(2)3;;/h1H3,(H,2,3,4);1H3,(H,2,3);;/q;;2*+1/p-2. The summed E-state index contributed by atoms with van der Waals surface area (Å²) in [6.07, 6.45) is 2.06. The summed E-state index contributed by atoms with van der Waals surface area (Å²) in [5, 5.41) is 0. The van der Waals surface area contributed by atoms with E-state index >= 15 is 0 Å². The van der Waals surface area contributed by atoms with Crippen molar-refractivity contribution in [2.45, 2.75) is 0 Å². The maximum atomic E-state index is 9.45. The minimum absolute atomic E-state index is 0. The van der Waals surface area contributed by atoms with E-state index in [4.69, 9.17) is 8.76 Å². The van der Waals surface area contributed by atoms with Crippen LogP contribution < -0.4 is 59.1 Å². The van der Waals surface area contributed by atoms with Crippen LogP contribution in [0.3, 0.4) is 0 Å². The van der Waals surface area contributed by atoms with Gasteiger partial charge in [-0.1, -0.05) is 11.1 Å². The molecule has 0 aliphatic rings. The zero-order chi connectivity index (χ0) is 8.08. The normalized spacial score (nSPS) is 15.3. The van der Waals surface area contributed by atoms with Gasteiger partial charge in [0.25, 0.3) is 0 Å². The third-order valence-electron chi connectivity index (χ3n) is 0. The van der Waals surface area contributed by atoms with Gasteiger partial charge in [0, 0.05) is 6.26 Å². The second-order valence-electron chi connectivity index (χ2n) is 1.11. The molecule has 0 aliphatic carbocycles. The Balaban J connectivity index is -0.0000000383. The van der Waals surface area contributed by atoms with Crippen LogP contribution in [-0.2, 0) is 31.0 Å². The van der Waals surface area contributed by atoms with Crippen LogP contribution in [0.5, 0.6) is 0 Å². The first-order valence-electron chi connectivity index (χ1n) is 1.65. The fraction of sp³-hybridized carbons (Fsp3) is 1.00. The van der Waals surface area contributed by atoms with Crippen molar-refractivity contribution in [3.05, 3.63) is 0 Å². The smallest absolute Gasteiger partial charge is 0.773 e. The van der Waals surface area contributed by atoms with Crippen molar-refractivity contribution in [1.82, 2.24) is 0 Å². The topological polar surface area (TPSA) is 80.3 Å². The molecule has 0 bridgehead atoms. The molecule has 0 aromatic rings. The summed E-state index contributed by atoms with van der Waals surface area (Å²) in [5.74, 6) is 0. The van der Waals surface area contributed by atoms with Gasteiger partial charge in [0.2, 0.25) is 0 Å². The van der Waals surface area contributed by atoms with E-state index in [1.54, 1.807) is 0 Å². The van der Waals surface area contributed by atoms with E-state index in [0.29, 0.717) is 0 Å². The summed E-state index contributed by atoms with van der Waals surface area (Å²) in [4.78, 5) is 0. The van der Waals surface area contributed by atoms with Gasteiger partial charge >= 0.3 is 59.1 Å².